The Hall–Kier alpha value is -1.14. The summed E-state index contributed by atoms with van der Waals surface area (Å²) < 4.78 is 0. The fourth-order valence-corrected chi connectivity index (χ4v) is 2.70. The lowest BCUT2D eigenvalue weighted by atomic mass is 10.0. The fraction of sp³-hybridized carbons (Fsp3) is 0.818. The zero-order valence-corrected chi connectivity index (χ0v) is 10.6. The lowest BCUT2D eigenvalue weighted by Gasteiger charge is -2.38. The number of fused-ring (bicyclic) bond motifs is 1. The Kier molecular flexibility index (Phi) is 2.48. The van der Waals surface area contributed by atoms with Gasteiger partial charge in [0.1, 0.15) is 17.0 Å². The molecule has 2 aliphatic heterocycles. The van der Waals surface area contributed by atoms with Gasteiger partial charge in [-0.1, -0.05) is 0 Å². The van der Waals surface area contributed by atoms with Crippen LogP contribution in [0.5, 0.6) is 0 Å². The highest BCUT2D eigenvalue weighted by Gasteiger charge is 2.56. The van der Waals surface area contributed by atoms with Crippen molar-refractivity contribution in [2.75, 3.05) is 13.1 Å². The predicted octanol–water partition coefficient (Wildman–Crippen LogP) is 0.621. The van der Waals surface area contributed by atoms with Crippen LogP contribution < -0.4 is 0 Å². The number of nitrogens with zero attached hydrogens (tertiary/aromatic N) is 3. The van der Waals surface area contributed by atoms with E-state index in [9.17, 15) is 10.0 Å². The van der Waals surface area contributed by atoms with Crippen molar-refractivity contribution in [1.82, 2.24) is 9.96 Å². The molecule has 0 radical (unpaired) electrons. The number of carboxylic acid groups (broad SMARTS) is 1. The Balaban J connectivity index is 2.40. The van der Waals surface area contributed by atoms with Crippen molar-refractivity contribution in [3.63, 3.8) is 0 Å². The van der Waals surface area contributed by atoms with Crippen molar-refractivity contribution in [2.24, 2.45) is 10.9 Å². The van der Waals surface area contributed by atoms with E-state index in [-0.39, 0.29) is 6.54 Å². The van der Waals surface area contributed by atoms with Gasteiger partial charge < -0.3 is 15.2 Å². The van der Waals surface area contributed by atoms with Gasteiger partial charge in [0.2, 0.25) is 0 Å². The van der Waals surface area contributed by atoms with Crippen molar-refractivity contribution in [3.05, 3.63) is 0 Å². The van der Waals surface area contributed by atoms with Gasteiger partial charge in [0.25, 0.3) is 0 Å². The first-order valence-electron chi connectivity index (χ1n) is 5.73. The van der Waals surface area contributed by atoms with Crippen LogP contribution in [-0.2, 0) is 4.79 Å². The lowest BCUT2D eigenvalue weighted by Crippen LogP contribution is -2.52. The maximum absolute atomic E-state index is 11.0. The number of aliphatic carboxylic acids is 1. The van der Waals surface area contributed by atoms with E-state index < -0.39 is 23.1 Å². The van der Waals surface area contributed by atoms with Gasteiger partial charge in [-0.2, -0.15) is 5.06 Å². The third-order valence-corrected chi connectivity index (χ3v) is 3.72. The number of carbonyl (C=O) groups is 1. The molecule has 0 aliphatic carbocycles. The van der Waals surface area contributed by atoms with Gasteiger partial charge >= 0.3 is 5.97 Å². The number of rotatable bonds is 1. The van der Waals surface area contributed by atoms with Crippen LogP contribution in [0.1, 0.15) is 27.7 Å². The smallest absolute Gasteiger partial charge is 0.310 e. The van der Waals surface area contributed by atoms with E-state index in [4.69, 9.17) is 5.11 Å². The van der Waals surface area contributed by atoms with Crippen molar-refractivity contribution < 1.29 is 15.1 Å². The number of hydrogen-bond donors (Lipinski definition) is 2. The highest BCUT2D eigenvalue weighted by Crippen LogP contribution is 2.39. The average Bonchev–Trinajstić information content (AvgIpc) is 2.38. The van der Waals surface area contributed by atoms with E-state index in [1.54, 1.807) is 0 Å². The molecule has 1 saturated heterocycles. The van der Waals surface area contributed by atoms with Crippen LogP contribution >= 0.6 is 0 Å². The Morgan fingerprint density at radius 3 is 2.53 bits per heavy atom. The Labute approximate surface area is 100 Å². The molecule has 0 saturated carbocycles. The molecule has 2 rings (SSSR count). The molecule has 0 bridgehead atoms. The van der Waals surface area contributed by atoms with Crippen molar-refractivity contribution in [2.45, 2.75) is 38.9 Å². The molecule has 1 atom stereocenters. The molecule has 2 N–H and O–H groups in total. The number of aliphatic imine (C=N–C) groups is 1. The number of hydroxylamine groups is 2. The zero-order valence-electron chi connectivity index (χ0n) is 10.6. The Bertz CT molecular complexity index is 389. The largest absolute Gasteiger partial charge is 0.481 e. The first-order chi connectivity index (χ1) is 7.69. The van der Waals surface area contributed by atoms with Gasteiger partial charge in [-0.05, 0) is 27.7 Å². The minimum absolute atomic E-state index is 0.286. The molecular weight excluding hydrogens is 222 g/mol. The highest BCUT2D eigenvalue weighted by molar-refractivity contribution is 5.94. The second kappa shape index (κ2) is 3.43. The molecule has 0 aromatic heterocycles. The first kappa shape index (κ1) is 12.3. The van der Waals surface area contributed by atoms with Crippen LogP contribution in [0.4, 0.5) is 0 Å². The number of amidine groups is 1. The third kappa shape index (κ3) is 1.55. The van der Waals surface area contributed by atoms with Crippen LogP contribution in [0.25, 0.3) is 0 Å². The summed E-state index contributed by atoms with van der Waals surface area (Å²) in [4.78, 5) is 17.3. The molecule has 1 unspecified atom stereocenters. The summed E-state index contributed by atoms with van der Waals surface area (Å²) in [6.45, 7) is 8.17. The summed E-state index contributed by atoms with van der Waals surface area (Å²) in [6, 6.07) is 0. The van der Waals surface area contributed by atoms with Gasteiger partial charge in [-0.25, -0.2) is 0 Å². The normalized spacial score (nSPS) is 31.0. The van der Waals surface area contributed by atoms with Crippen LogP contribution in [0, 0.1) is 5.92 Å². The summed E-state index contributed by atoms with van der Waals surface area (Å²) in [5.41, 5.74) is -1.20. The van der Waals surface area contributed by atoms with Gasteiger partial charge in [-0.3, -0.25) is 9.79 Å². The quantitative estimate of drug-likeness (QED) is 0.704. The van der Waals surface area contributed by atoms with Gasteiger partial charge in [0.15, 0.2) is 0 Å². The summed E-state index contributed by atoms with van der Waals surface area (Å²) >= 11 is 0. The molecule has 6 heteroatoms. The van der Waals surface area contributed by atoms with E-state index in [0.29, 0.717) is 6.54 Å². The SMILES string of the molecule is CC1(C)C2=NCC(C(=O)O)CN2C(C)(C)N1O. The number of hydrogen-bond acceptors (Lipinski definition) is 5. The second-order valence-electron chi connectivity index (χ2n) is 5.68. The summed E-state index contributed by atoms with van der Waals surface area (Å²) in [6.07, 6.45) is 0. The predicted molar refractivity (Wildman–Crippen MR) is 61.9 cm³/mol. The highest BCUT2D eigenvalue weighted by atomic mass is 16.5. The van der Waals surface area contributed by atoms with Crippen molar-refractivity contribution in [1.29, 1.82) is 0 Å². The molecular formula is C11H19N3O3. The Morgan fingerprint density at radius 2 is 2.00 bits per heavy atom. The van der Waals surface area contributed by atoms with E-state index >= 15 is 0 Å². The van der Waals surface area contributed by atoms with Crippen molar-refractivity contribution in [3.8, 4) is 0 Å². The monoisotopic (exact) mass is 241 g/mol. The topological polar surface area (TPSA) is 76.4 Å². The van der Waals surface area contributed by atoms with E-state index in [2.05, 4.69) is 4.99 Å². The minimum Gasteiger partial charge on any atom is -0.481 e. The summed E-state index contributed by atoms with van der Waals surface area (Å²) in [7, 11) is 0. The first-order valence-corrected chi connectivity index (χ1v) is 5.73. The fourth-order valence-electron chi connectivity index (χ4n) is 2.70. The Morgan fingerprint density at radius 1 is 1.41 bits per heavy atom. The molecule has 0 spiro atoms. The van der Waals surface area contributed by atoms with E-state index in [1.807, 2.05) is 32.6 Å². The maximum Gasteiger partial charge on any atom is 0.310 e. The van der Waals surface area contributed by atoms with Crippen LogP contribution in [0.3, 0.4) is 0 Å². The second-order valence-corrected chi connectivity index (χ2v) is 5.68. The average molecular weight is 241 g/mol. The molecule has 1 fully saturated rings. The summed E-state index contributed by atoms with van der Waals surface area (Å²) in [5, 5.41) is 20.5. The lowest BCUT2D eigenvalue weighted by molar-refractivity contribution is -0.210. The van der Waals surface area contributed by atoms with Gasteiger partial charge in [-0.15, -0.1) is 0 Å². The van der Waals surface area contributed by atoms with E-state index in [1.165, 1.54) is 5.06 Å². The molecule has 0 aromatic carbocycles. The standard InChI is InChI=1S/C11H19N3O3/c1-10(2)9-12-5-7(8(15)16)6-13(9)11(3,4)14(10)17/h7,17H,5-6H2,1-4H3,(H,15,16). The zero-order chi connectivity index (χ0) is 13.0. The van der Waals surface area contributed by atoms with Gasteiger partial charge in [0, 0.05) is 6.54 Å². The minimum atomic E-state index is -0.835. The third-order valence-electron chi connectivity index (χ3n) is 3.72. The van der Waals surface area contributed by atoms with Crippen molar-refractivity contribution >= 4 is 11.8 Å². The molecule has 0 amide bonds. The summed E-state index contributed by atoms with van der Waals surface area (Å²) in [5.74, 6) is -0.569. The molecule has 17 heavy (non-hydrogen) atoms. The van der Waals surface area contributed by atoms with Crippen LogP contribution in [-0.4, -0.2) is 56.4 Å². The van der Waals surface area contributed by atoms with Gasteiger partial charge in [0.05, 0.1) is 12.5 Å². The molecule has 6 nitrogen and oxygen atoms in total. The van der Waals surface area contributed by atoms with Crippen LogP contribution in [0.15, 0.2) is 4.99 Å². The van der Waals surface area contributed by atoms with E-state index in [0.717, 1.165) is 5.84 Å². The molecule has 96 valence electrons. The maximum atomic E-state index is 11.0. The molecule has 2 aliphatic rings. The molecule has 0 aromatic rings. The molecule has 2 heterocycles. The number of carboxylic acids is 1. The van der Waals surface area contributed by atoms with Crippen LogP contribution in [0.2, 0.25) is 0 Å².